The van der Waals surface area contributed by atoms with Crippen LogP contribution in [0.2, 0.25) is 0 Å². The van der Waals surface area contributed by atoms with Crippen LogP contribution in [-0.4, -0.2) is 9.78 Å². The average molecular weight is 208 g/mol. The van der Waals surface area contributed by atoms with Crippen molar-refractivity contribution in [3.05, 3.63) is 60.3 Å². The standard InChI is InChI=1S/C14H12N2/c1-11-6-5-9-14-13(11)10-16(15-14)12-7-3-2-4-8-12/h2-10H,1H3. The molecule has 0 saturated heterocycles. The lowest BCUT2D eigenvalue weighted by atomic mass is 10.1. The Morgan fingerprint density at radius 2 is 1.75 bits per heavy atom. The number of fused-ring (bicyclic) bond motifs is 1. The van der Waals surface area contributed by atoms with Gasteiger partial charge in [-0.15, -0.1) is 0 Å². The van der Waals surface area contributed by atoms with Crippen LogP contribution in [0.25, 0.3) is 16.6 Å². The van der Waals surface area contributed by atoms with Crippen LogP contribution in [0.3, 0.4) is 0 Å². The van der Waals surface area contributed by atoms with E-state index in [1.165, 1.54) is 10.9 Å². The molecule has 0 saturated carbocycles. The second-order valence-electron chi connectivity index (χ2n) is 3.92. The van der Waals surface area contributed by atoms with Crippen molar-refractivity contribution in [2.75, 3.05) is 0 Å². The maximum atomic E-state index is 4.56. The van der Waals surface area contributed by atoms with Gasteiger partial charge >= 0.3 is 0 Å². The monoisotopic (exact) mass is 208 g/mol. The molecule has 78 valence electrons. The smallest absolute Gasteiger partial charge is 0.0930 e. The topological polar surface area (TPSA) is 17.8 Å². The molecule has 2 nitrogen and oxygen atoms in total. The lowest BCUT2D eigenvalue weighted by Gasteiger charge is -1.98. The Balaban J connectivity index is 2.23. The minimum atomic E-state index is 1.05. The van der Waals surface area contributed by atoms with E-state index in [0.717, 1.165) is 11.2 Å². The van der Waals surface area contributed by atoms with Gasteiger partial charge in [-0.05, 0) is 30.7 Å². The van der Waals surface area contributed by atoms with Crippen LogP contribution in [0.4, 0.5) is 0 Å². The molecule has 0 radical (unpaired) electrons. The van der Waals surface area contributed by atoms with Crippen molar-refractivity contribution in [1.29, 1.82) is 0 Å². The van der Waals surface area contributed by atoms with Gasteiger partial charge in [-0.25, -0.2) is 4.68 Å². The van der Waals surface area contributed by atoms with Crippen molar-refractivity contribution in [3.63, 3.8) is 0 Å². The van der Waals surface area contributed by atoms with E-state index in [2.05, 4.69) is 36.4 Å². The predicted octanol–water partition coefficient (Wildman–Crippen LogP) is 3.33. The minimum Gasteiger partial charge on any atom is -0.240 e. The van der Waals surface area contributed by atoms with E-state index in [4.69, 9.17) is 0 Å². The lowest BCUT2D eigenvalue weighted by molar-refractivity contribution is 0.896. The van der Waals surface area contributed by atoms with Gasteiger partial charge in [0.25, 0.3) is 0 Å². The van der Waals surface area contributed by atoms with Crippen molar-refractivity contribution in [1.82, 2.24) is 9.78 Å². The molecule has 16 heavy (non-hydrogen) atoms. The molecule has 3 aromatic rings. The number of hydrogen-bond acceptors (Lipinski definition) is 1. The van der Waals surface area contributed by atoms with Gasteiger partial charge in [-0.3, -0.25) is 0 Å². The number of aromatic nitrogens is 2. The van der Waals surface area contributed by atoms with Gasteiger partial charge in [0.05, 0.1) is 11.2 Å². The molecule has 0 bridgehead atoms. The number of hydrogen-bond donors (Lipinski definition) is 0. The summed E-state index contributed by atoms with van der Waals surface area (Å²) < 4.78 is 1.93. The van der Waals surface area contributed by atoms with Gasteiger partial charge in [0.15, 0.2) is 0 Å². The Morgan fingerprint density at radius 3 is 2.50 bits per heavy atom. The highest BCUT2D eigenvalue weighted by Crippen LogP contribution is 2.18. The molecule has 0 unspecified atom stereocenters. The molecule has 0 aliphatic rings. The highest BCUT2D eigenvalue weighted by Gasteiger charge is 2.03. The van der Waals surface area contributed by atoms with Crippen molar-refractivity contribution in [3.8, 4) is 5.69 Å². The van der Waals surface area contributed by atoms with E-state index in [1.54, 1.807) is 0 Å². The molecule has 0 spiro atoms. The van der Waals surface area contributed by atoms with Crippen LogP contribution < -0.4 is 0 Å². The molecule has 0 aliphatic carbocycles. The third-order valence-corrected chi connectivity index (χ3v) is 2.79. The van der Waals surface area contributed by atoms with Gasteiger partial charge in [0.1, 0.15) is 0 Å². The maximum absolute atomic E-state index is 4.56. The summed E-state index contributed by atoms with van der Waals surface area (Å²) in [5.41, 5.74) is 3.40. The van der Waals surface area contributed by atoms with Crippen molar-refractivity contribution in [2.24, 2.45) is 0 Å². The molecule has 0 fully saturated rings. The first kappa shape index (κ1) is 9.16. The summed E-state index contributed by atoms with van der Waals surface area (Å²) in [5, 5.41) is 5.77. The molecule has 0 atom stereocenters. The average Bonchev–Trinajstić information content (AvgIpc) is 2.76. The number of nitrogens with zero attached hydrogens (tertiary/aromatic N) is 2. The van der Waals surface area contributed by atoms with Crippen LogP contribution in [0.15, 0.2) is 54.7 Å². The Kier molecular flexibility index (Phi) is 2.00. The largest absolute Gasteiger partial charge is 0.240 e. The number of rotatable bonds is 1. The van der Waals surface area contributed by atoms with Gasteiger partial charge in [0, 0.05) is 11.6 Å². The first-order valence-corrected chi connectivity index (χ1v) is 5.35. The third kappa shape index (κ3) is 1.39. The lowest BCUT2D eigenvalue weighted by Crippen LogP contribution is -1.92. The zero-order valence-corrected chi connectivity index (χ0v) is 9.09. The van der Waals surface area contributed by atoms with Crippen molar-refractivity contribution < 1.29 is 0 Å². The number of para-hydroxylation sites is 1. The Bertz CT molecular complexity index is 624. The zero-order chi connectivity index (χ0) is 11.0. The zero-order valence-electron chi connectivity index (χ0n) is 9.09. The highest BCUT2D eigenvalue weighted by atomic mass is 15.3. The maximum Gasteiger partial charge on any atom is 0.0930 e. The summed E-state index contributed by atoms with van der Waals surface area (Å²) in [5.74, 6) is 0. The summed E-state index contributed by atoms with van der Waals surface area (Å²) in [6.07, 6.45) is 2.08. The summed E-state index contributed by atoms with van der Waals surface area (Å²) in [6.45, 7) is 2.11. The number of aryl methyl sites for hydroxylation is 1. The second kappa shape index (κ2) is 3.49. The molecule has 1 aromatic heterocycles. The third-order valence-electron chi connectivity index (χ3n) is 2.79. The van der Waals surface area contributed by atoms with Crippen molar-refractivity contribution >= 4 is 10.9 Å². The molecular formula is C14H12N2. The van der Waals surface area contributed by atoms with Crippen LogP contribution in [-0.2, 0) is 0 Å². The van der Waals surface area contributed by atoms with Crippen LogP contribution >= 0.6 is 0 Å². The molecule has 2 heteroatoms. The van der Waals surface area contributed by atoms with E-state index in [1.807, 2.05) is 35.0 Å². The molecule has 3 rings (SSSR count). The minimum absolute atomic E-state index is 1.05. The molecule has 0 N–H and O–H groups in total. The van der Waals surface area contributed by atoms with E-state index in [9.17, 15) is 0 Å². The van der Waals surface area contributed by atoms with E-state index in [-0.39, 0.29) is 0 Å². The molecule has 0 aliphatic heterocycles. The van der Waals surface area contributed by atoms with Crippen molar-refractivity contribution in [2.45, 2.75) is 6.92 Å². The van der Waals surface area contributed by atoms with Gasteiger partial charge in [0.2, 0.25) is 0 Å². The molecule has 1 heterocycles. The molecule has 0 amide bonds. The Labute approximate surface area is 94.1 Å². The first-order chi connectivity index (χ1) is 7.84. The predicted molar refractivity (Wildman–Crippen MR) is 65.8 cm³/mol. The van der Waals surface area contributed by atoms with E-state index < -0.39 is 0 Å². The summed E-state index contributed by atoms with van der Waals surface area (Å²) >= 11 is 0. The molecular weight excluding hydrogens is 196 g/mol. The Morgan fingerprint density at radius 1 is 0.938 bits per heavy atom. The fourth-order valence-corrected chi connectivity index (χ4v) is 1.90. The van der Waals surface area contributed by atoms with Crippen LogP contribution in [0, 0.1) is 6.92 Å². The highest BCUT2D eigenvalue weighted by molar-refractivity contribution is 5.81. The van der Waals surface area contributed by atoms with E-state index in [0.29, 0.717) is 0 Å². The second-order valence-corrected chi connectivity index (χ2v) is 3.92. The van der Waals surface area contributed by atoms with Gasteiger partial charge in [-0.2, -0.15) is 5.10 Å². The Hall–Kier alpha value is -2.09. The van der Waals surface area contributed by atoms with Gasteiger partial charge in [-0.1, -0.05) is 30.3 Å². The van der Waals surface area contributed by atoms with Gasteiger partial charge < -0.3 is 0 Å². The quantitative estimate of drug-likeness (QED) is 0.599. The fourth-order valence-electron chi connectivity index (χ4n) is 1.90. The SMILES string of the molecule is Cc1cccc2nn(-c3ccccc3)cc12. The summed E-state index contributed by atoms with van der Waals surface area (Å²) in [4.78, 5) is 0. The molecule has 2 aromatic carbocycles. The summed E-state index contributed by atoms with van der Waals surface area (Å²) in [7, 11) is 0. The first-order valence-electron chi connectivity index (χ1n) is 5.35. The normalized spacial score (nSPS) is 10.8. The summed E-state index contributed by atoms with van der Waals surface area (Å²) in [6, 6.07) is 16.4. The van der Waals surface area contributed by atoms with Crippen LogP contribution in [0.5, 0.6) is 0 Å². The van der Waals surface area contributed by atoms with Crippen LogP contribution in [0.1, 0.15) is 5.56 Å². The fraction of sp³-hybridized carbons (Fsp3) is 0.0714. The van der Waals surface area contributed by atoms with E-state index >= 15 is 0 Å². The number of benzene rings is 2.